The summed E-state index contributed by atoms with van der Waals surface area (Å²) in [5.41, 5.74) is 0.631. The standard InChI is InChI=1S/C14H16O3/c1-10-6-3-4-7-11(10)12(15)14(8-5-9-14)13(16)17-2/h3-4,6-7H,5,8-9H2,1-2H3. The normalized spacial score (nSPS) is 17.1. The first kappa shape index (κ1) is 11.8. The number of ether oxygens (including phenoxy) is 1. The number of rotatable bonds is 3. The Morgan fingerprint density at radius 3 is 2.35 bits per heavy atom. The molecule has 0 aromatic heterocycles. The lowest BCUT2D eigenvalue weighted by Crippen LogP contribution is -2.46. The Balaban J connectivity index is 2.37. The monoisotopic (exact) mass is 232 g/mol. The van der Waals surface area contributed by atoms with Gasteiger partial charge in [0.15, 0.2) is 5.78 Å². The molecule has 0 atom stereocenters. The molecular weight excluding hydrogens is 216 g/mol. The molecule has 0 heterocycles. The summed E-state index contributed by atoms with van der Waals surface area (Å²) in [6.07, 6.45) is 2.12. The maximum absolute atomic E-state index is 12.5. The Kier molecular flexibility index (Phi) is 3.01. The van der Waals surface area contributed by atoms with Crippen LogP contribution in [0.4, 0.5) is 0 Å². The van der Waals surface area contributed by atoms with Crippen LogP contribution in [0.5, 0.6) is 0 Å². The van der Waals surface area contributed by atoms with Gasteiger partial charge >= 0.3 is 5.97 Å². The van der Waals surface area contributed by atoms with Crippen LogP contribution < -0.4 is 0 Å². The number of hydrogen-bond donors (Lipinski definition) is 0. The molecule has 1 aliphatic carbocycles. The molecule has 0 unspecified atom stereocenters. The maximum atomic E-state index is 12.5. The molecule has 0 N–H and O–H groups in total. The lowest BCUT2D eigenvalue weighted by Gasteiger charge is -2.37. The van der Waals surface area contributed by atoms with Crippen LogP contribution >= 0.6 is 0 Å². The molecule has 2 rings (SSSR count). The summed E-state index contributed by atoms with van der Waals surface area (Å²) < 4.78 is 4.78. The molecule has 1 aromatic carbocycles. The molecule has 1 aromatic rings. The summed E-state index contributed by atoms with van der Waals surface area (Å²) in [7, 11) is 1.34. The van der Waals surface area contributed by atoms with Gasteiger partial charge in [0.1, 0.15) is 5.41 Å². The Bertz CT molecular complexity index is 458. The third kappa shape index (κ3) is 1.75. The zero-order chi connectivity index (χ0) is 12.5. The first-order valence-electron chi connectivity index (χ1n) is 5.81. The summed E-state index contributed by atoms with van der Waals surface area (Å²) in [6, 6.07) is 7.37. The Morgan fingerprint density at radius 2 is 1.88 bits per heavy atom. The predicted molar refractivity (Wildman–Crippen MR) is 63.8 cm³/mol. The summed E-state index contributed by atoms with van der Waals surface area (Å²) in [4.78, 5) is 24.3. The molecule has 90 valence electrons. The second kappa shape index (κ2) is 4.32. The summed E-state index contributed by atoms with van der Waals surface area (Å²) in [5, 5.41) is 0. The van der Waals surface area contributed by atoms with Crippen LogP contribution in [-0.2, 0) is 9.53 Å². The molecule has 3 nitrogen and oxygen atoms in total. The number of esters is 1. The molecule has 17 heavy (non-hydrogen) atoms. The molecule has 1 aliphatic rings. The second-order valence-corrected chi connectivity index (χ2v) is 4.57. The number of Topliss-reactive ketones (excluding diaryl/α,β-unsaturated/α-hetero) is 1. The third-order valence-electron chi connectivity index (χ3n) is 3.61. The van der Waals surface area contributed by atoms with Gasteiger partial charge in [0, 0.05) is 5.56 Å². The summed E-state index contributed by atoms with van der Waals surface area (Å²) in [5.74, 6) is -0.481. The summed E-state index contributed by atoms with van der Waals surface area (Å²) in [6.45, 7) is 1.89. The molecular formula is C14H16O3. The molecule has 3 heteroatoms. The zero-order valence-electron chi connectivity index (χ0n) is 10.2. The van der Waals surface area contributed by atoms with Crippen LogP contribution in [-0.4, -0.2) is 18.9 Å². The number of ketones is 1. The topological polar surface area (TPSA) is 43.4 Å². The lowest BCUT2D eigenvalue weighted by atomic mass is 9.64. The Hall–Kier alpha value is -1.64. The van der Waals surface area contributed by atoms with Crippen molar-refractivity contribution < 1.29 is 14.3 Å². The van der Waals surface area contributed by atoms with Crippen molar-refractivity contribution in [2.75, 3.05) is 7.11 Å². The van der Waals surface area contributed by atoms with Crippen molar-refractivity contribution in [3.63, 3.8) is 0 Å². The van der Waals surface area contributed by atoms with Gasteiger partial charge in [0.05, 0.1) is 7.11 Å². The molecule has 0 radical (unpaired) electrons. The fraction of sp³-hybridized carbons (Fsp3) is 0.429. The SMILES string of the molecule is COC(=O)C1(C(=O)c2ccccc2C)CCC1. The minimum absolute atomic E-state index is 0.0892. The largest absolute Gasteiger partial charge is 0.468 e. The number of aryl methyl sites for hydroxylation is 1. The van der Waals surface area contributed by atoms with E-state index in [9.17, 15) is 9.59 Å². The molecule has 0 aliphatic heterocycles. The van der Waals surface area contributed by atoms with E-state index >= 15 is 0 Å². The Morgan fingerprint density at radius 1 is 1.24 bits per heavy atom. The van der Waals surface area contributed by atoms with E-state index < -0.39 is 11.4 Å². The first-order chi connectivity index (χ1) is 8.12. The highest BCUT2D eigenvalue weighted by atomic mass is 16.5. The van der Waals surface area contributed by atoms with Crippen LogP contribution in [0.15, 0.2) is 24.3 Å². The Labute approximate surface area is 101 Å². The molecule has 1 saturated carbocycles. The summed E-state index contributed by atoms with van der Waals surface area (Å²) >= 11 is 0. The number of hydrogen-bond acceptors (Lipinski definition) is 3. The molecule has 1 fully saturated rings. The van der Waals surface area contributed by atoms with Gasteiger partial charge in [-0.2, -0.15) is 0 Å². The fourth-order valence-corrected chi connectivity index (χ4v) is 2.34. The van der Waals surface area contributed by atoms with Gasteiger partial charge in [-0.05, 0) is 25.3 Å². The highest BCUT2D eigenvalue weighted by molar-refractivity contribution is 6.13. The van der Waals surface area contributed by atoms with E-state index in [0.29, 0.717) is 18.4 Å². The van der Waals surface area contributed by atoms with Gasteiger partial charge in [-0.1, -0.05) is 30.7 Å². The van der Waals surface area contributed by atoms with Crippen LogP contribution in [0, 0.1) is 12.3 Å². The molecule has 0 bridgehead atoms. The fourth-order valence-electron chi connectivity index (χ4n) is 2.34. The van der Waals surface area contributed by atoms with Gasteiger partial charge in [-0.3, -0.25) is 9.59 Å². The first-order valence-corrected chi connectivity index (χ1v) is 5.81. The van der Waals surface area contributed by atoms with E-state index in [-0.39, 0.29) is 5.78 Å². The van der Waals surface area contributed by atoms with Crippen molar-refractivity contribution >= 4 is 11.8 Å². The molecule has 0 amide bonds. The van der Waals surface area contributed by atoms with E-state index in [1.165, 1.54) is 7.11 Å². The maximum Gasteiger partial charge on any atom is 0.319 e. The lowest BCUT2D eigenvalue weighted by molar-refractivity contribution is -0.153. The van der Waals surface area contributed by atoms with Crippen molar-refractivity contribution in [3.05, 3.63) is 35.4 Å². The van der Waals surface area contributed by atoms with Gasteiger partial charge in [-0.15, -0.1) is 0 Å². The van der Waals surface area contributed by atoms with Gasteiger partial charge in [0.2, 0.25) is 0 Å². The van der Waals surface area contributed by atoms with Crippen molar-refractivity contribution in [3.8, 4) is 0 Å². The minimum Gasteiger partial charge on any atom is -0.468 e. The number of methoxy groups -OCH3 is 1. The number of carbonyl (C=O) groups is 2. The predicted octanol–water partition coefficient (Wildman–Crippen LogP) is 2.52. The van der Waals surface area contributed by atoms with Gasteiger partial charge in [-0.25, -0.2) is 0 Å². The highest BCUT2D eigenvalue weighted by Crippen LogP contribution is 2.44. The van der Waals surface area contributed by atoms with E-state index in [4.69, 9.17) is 4.74 Å². The van der Waals surface area contributed by atoms with E-state index in [1.54, 1.807) is 6.07 Å². The van der Waals surface area contributed by atoms with E-state index in [2.05, 4.69) is 0 Å². The highest BCUT2D eigenvalue weighted by Gasteiger charge is 2.52. The minimum atomic E-state index is -0.916. The van der Waals surface area contributed by atoms with E-state index in [0.717, 1.165) is 12.0 Å². The van der Waals surface area contributed by atoms with Gasteiger partial charge < -0.3 is 4.74 Å². The molecule has 0 saturated heterocycles. The smallest absolute Gasteiger partial charge is 0.319 e. The third-order valence-corrected chi connectivity index (χ3v) is 3.61. The number of carbonyl (C=O) groups excluding carboxylic acids is 2. The van der Waals surface area contributed by atoms with Crippen molar-refractivity contribution in [1.29, 1.82) is 0 Å². The van der Waals surface area contributed by atoms with Crippen LogP contribution in [0.1, 0.15) is 35.2 Å². The van der Waals surface area contributed by atoms with Crippen molar-refractivity contribution in [1.82, 2.24) is 0 Å². The van der Waals surface area contributed by atoms with Crippen LogP contribution in [0.3, 0.4) is 0 Å². The average Bonchev–Trinajstić information content (AvgIpc) is 2.27. The van der Waals surface area contributed by atoms with Crippen molar-refractivity contribution in [2.45, 2.75) is 26.2 Å². The molecule has 0 spiro atoms. The van der Waals surface area contributed by atoms with E-state index in [1.807, 2.05) is 25.1 Å². The average molecular weight is 232 g/mol. The zero-order valence-corrected chi connectivity index (χ0v) is 10.2. The quantitative estimate of drug-likeness (QED) is 0.457. The van der Waals surface area contributed by atoms with Crippen LogP contribution in [0.25, 0.3) is 0 Å². The second-order valence-electron chi connectivity index (χ2n) is 4.57. The number of benzene rings is 1. The van der Waals surface area contributed by atoms with Crippen molar-refractivity contribution in [2.24, 2.45) is 5.41 Å². The van der Waals surface area contributed by atoms with Gasteiger partial charge in [0.25, 0.3) is 0 Å². The van der Waals surface area contributed by atoms with Crippen LogP contribution in [0.2, 0.25) is 0 Å².